The first-order chi connectivity index (χ1) is 14.8. The van der Waals surface area contributed by atoms with Crippen LogP contribution < -0.4 is 20.4 Å². The maximum atomic E-state index is 5.49. The zero-order valence-electron chi connectivity index (χ0n) is 18.3. The topological polar surface area (TPSA) is 52.1 Å². The van der Waals surface area contributed by atoms with Gasteiger partial charge in [-0.2, -0.15) is 0 Å². The number of morpholine rings is 1. The first-order valence-corrected chi connectivity index (χ1v) is 11.0. The second-order valence-corrected chi connectivity index (χ2v) is 7.35. The quantitative estimate of drug-likeness (QED) is 0.379. The van der Waals surface area contributed by atoms with Crippen LogP contribution in [0.25, 0.3) is 0 Å². The fourth-order valence-electron chi connectivity index (χ4n) is 3.76. The highest BCUT2D eigenvalue weighted by atomic mass is 16.5. The van der Waals surface area contributed by atoms with Gasteiger partial charge in [-0.25, -0.2) is 0 Å². The molecule has 1 aliphatic heterocycles. The summed E-state index contributed by atoms with van der Waals surface area (Å²) in [5, 5.41) is 6.91. The van der Waals surface area contributed by atoms with E-state index >= 15 is 0 Å². The van der Waals surface area contributed by atoms with Crippen molar-refractivity contribution in [3.05, 3.63) is 60.2 Å². The van der Waals surface area contributed by atoms with Crippen molar-refractivity contribution >= 4 is 17.3 Å². The number of ether oxygens (including phenoxy) is 1. The molecule has 1 saturated heterocycles. The molecule has 0 bridgehead atoms. The van der Waals surface area contributed by atoms with E-state index < -0.39 is 0 Å². The summed E-state index contributed by atoms with van der Waals surface area (Å²) in [6.07, 6.45) is 1.05. The summed E-state index contributed by atoms with van der Waals surface area (Å²) in [7, 11) is 1.82. The van der Waals surface area contributed by atoms with Gasteiger partial charge in [-0.1, -0.05) is 36.4 Å². The number of benzene rings is 2. The van der Waals surface area contributed by atoms with E-state index in [0.29, 0.717) is 0 Å². The average molecular weight is 410 g/mol. The lowest BCUT2D eigenvalue weighted by Crippen LogP contribution is -2.39. The lowest BCUT2D eigenvalue weighted by Gasteiger charge is -2.30. The van der Waals surface area contributed by atoms with E-state index in [-0.39, 0.29) is 0 Å². The zero-order valence-corrected chi connectivity index (χ0v) is 18.3. The maximum absolute atomic E-state index is 5.49. The summed E-state index contributed by atoms with van der Waals surface area (Å²) < 4.78 is 5.49. The zero-order chi connectivity index (χ0) is 21.0. The monoisotopic (exact) mass is 409 g/mol. The molecule has 0 aromatic heterocycles. The van der Waals surface area contributed by atoms with E-state index in [4.69, 9.17) is 4.74 Å². The van der Waals surface area contributed by atoms with Crippen LogP contribution >= 0.6 is 0 Å². The molecule has 0 unspecified atom stereocenters. The van der Waals surface area contributed by atoms with E-state index in [1.54, 1.807) is 0 Å². The maximum Gasteiger partial charge on any atom is 0.191 e. The van der Waals surface area contributed by atoms with Crippen molar-refractivity contribution in [3.63, 3.8) is 0 Å². The molecule has 0 saturated carbocycles. The van der Waals surface area contributed by atoms with Crippen molar-refractivity contribution in [2.75, 3.05) is 62.8 Å². The minimum Gasteiger partial charge on any atom is -0.378 e. The molecule has 1 aliphatic rings. The molecule has 30 heavy (non-hydrogen) atoms. The number of hydrogen-bond donors (Lipinski definition) is 2. The number of aliphatic imine (C=N–C) groups is 1. The molecule has 6 nitrogen and oxygen atoms in total. The van der Waals surface area contributed by atoms with Gasteiger partial charge >= 0.3 is 0 Å². The van der Waals surface area contributed by atoms with Crippen molar-refractivity contribution in [1.82, 2.24) is 10.6 Å². The summed E-state index contributed by atoms with van der Waals surface area (Å²) in [4.78, 5) is 9.19. The third-order valence-corrected chi connectivity index (χ3v) is 5.41. The number of guanidine groups is 1. The second-order valence-electron chi connectivity index (χ2n) is 7.35. The first kappa shape index (κ1) is 22.0. The van der Waals surface area contributed by atoms with Gasteiger partial charge in [-0.15, -0.1) is 0 Å². The molecule has 2 aromatic carbocycles. The molecular formula is C24H35N5O. The predicted octanol–water partition coefficient (Wildman–Crippen LogP) is 3.10. The Hall–Kier alpha value is -2.73. The Labute approximate surface area is 180 Å². The Bertz CT molecular complexity index is 774. The smallest absolute Gasteiger partial charge is 0.191 e. The van der Waals surface area contributed by atoms with Gasteiger partial charge in [-0.05, 0) is 37.1 Å². The summed E-state index contributed by atoms with van der Waals surface area (Å²) >= 11 is 0. The van der Waals surface area contributed by atoms with Crippen LogP contribution in [0.2, 0.25) is 0 Å². The molecule has 1 heterocycles. The van der Waals surface area contributed by atoms with Crippen LogP contribution in [0.3, 0.4) is 0 Å². The van der Waals surface area contributed by atoms with Crippen LogP contribution in [0.15, 0.2) is 59.6 Å². The van der Waals surface area contributed by atoms with Crippen molar-refractivity contribution in [2.24, 2.45) is 4.99 Å². The average Bonchev–Trinajstić information content (AvgIpc) is 2.82. The molecule has 0 radical (unpaired) electrons. The minimum atomic E-state index is 0.748. The molecule has 162 valence electrons. The van der Waals surface area contributed by atoms with Crippen molar-refractivity contribution in [2.45, 2.75) is 19.9 Å². The van der Waals surface area contributed by atoms with E-state index in [1.807, 2.05) is 7.05 Å². The van der Waals surface area contributed by atoms with Gasteiger partial charge in [0.15, 0.2) is 5.96 Å². The highest BCUT2D eigenvalue weighted by Gasteiger charge is 2.14. The van der Waals surface area contributed by atoms with E-state index in [1.165, 1.54) is 16.9 Å². The van der Waals surface area contributed by atoms with Gasteiger partial charge in [-0.3, -0.25) is 4.99 Å². The number of para-hydroxylation sites is 2. The lowest BCUT2D eigenvalue weighted by molar-refractivity contribution is 0.122. The van der Waals surface area contributed by atoms with Crippen molar-refractivity contribution in [1.29, 1.82) is 0 Å². The van der Waals surface area contributed by atoms with Gasteiger partial charge in [0.05, 0.1) is 13.2 Å². The highest BCUT2D eigenvalue weighted by molar-refractivity contribution is 5.79. The van der Waals surface area contributed by atoms with E-state index in [2.05, 4.69) is 86.9 Å². The predicted molar refractivity (Wildman–Crippen MR) is 127 cm³/mol. The summed E-state index contributed by atoms with van der Waals surface area (Å²) in [6.45, 7) is 9.34. The minimum absolute atomic E-state index is 0.748. The Morgan fingerprint density at radius 2 is 1.77 bits per heavy atom. The molecule has 3 rings (SSSR count). The normalized spacial score (nSPS) is 14.5. The standard InChI is InChI=1S/C24H35N5O/c1-3-28(22-11-5-4-6-12-22)15-9-14-26-24(25-2)27-20-21-10-7-8-13-23(21)29-16-18-30-19-17-29/h4-8,10-13H,3,9,14-20H2,1-2H3,(H2,25,26,27). The number of nitrogens with zero attached hydrogens (tertiary/aromatic N) is 3. The van der Waals surface area contributed by atoms with Crippen LogP contribution in [0.1, 0.15) is 18.9 Å². The molecular weight excluding hydrogens is 374 g/mol. The van der Waals surface area contributed by atoms with Crippen LogP contribution in [0, 0.1) is 0 Å². The Balaban J connectivity index is 1.45. The molecule has 2 N–H and O–H groups in total. The van der Waals surface area contributed by atoms with Crippen LogP contribution in [-0.2, 0) is 11.3 Å². The fourth-order valence-corrected chi connectivity index (χ4v) is 3.76. The Morgan fingerprint density at radius 1 is 1.03 bits per heavy atom. The third-order valence-electron chi connectivity index (χ3n) is 5.41. The van der Waals surface area contributed by atoms with Crippen LogP contribution in [0.5, 0.6) is 0 Å². The lowest BCUT2D eigenvalue weighted by atomic mass is 10.1. The Morgan fingerprint density at radius 3 is 2.50 bits per heavy atom. The van der Waals surface area contributed by atoms with E-state index in [0.717, 1.165) is 64.9 Å². The van der Waals surface area contributed by atoms with Crippen molar-refractivity contribution < 1.29 is 4.74 Å². The SMILES string of the molecule is CCN(CCCNC(=NC)NCc1ccccc1N1CCOCC1)c1ccccc1. The summed E-state index contributed by atoms with van der Waals surface area (Å²) in [5.41, 5.74) is 3.84. The molecule has 2 aromatic rings. The van der Waals surface area contributed by atoms with Gasteiger partial charge in [0.1, 0.15) is 0 Å². The number of rotatable bonds is 9. The van der Waals surface area contributed by atoms with Crippen LogP contribution in [-0.4, -0.2) is 58.9 Å². The molecule has 0 amide bonds. The summed E-state index contributed by atoms with van der Waals surface area (Å²) in [6, 6.07) is 19.2. The Kier molecular flexibility index (Phi) is 8.84. The van der Waals surface area contributed by atoms with Crippen LogP contribution in [0.4, 0.5) is 11.4 Å². The number of nitrogens with one attached hydrogen (secondary N) is 2. The second kappa shape index (κ2) is 12.1. The third kappa shape index (κ3) is 6.39. The van der Waals surface area contributed by atoms with Gasteiger partial charge in [0.25, 0.3) is 0 Å². The van der Waals surface area contributed by atoms with Gasteiger partial charge < -0.3 is 25.2 Å². The highest BCUT2D eigenvalue weighted by Crippen LogP contribution is 2.21. The number of anilines is 2. The first-order valence-electron chi connectivity index (χ1n) is 11.0. The fraction of sp³-hybridized carbons (Fsp3) is 0.458. The molecule has 0 aliphatic carbocycles. The molecule has 0 spiro atoms. The molecule has 6 heteroatoms. The van der Waals surface area contributed by atoms with Gasteiger partial charge in [0, 0.05) is 57.7 Å². The van der Waals surface area contributed by atoms with Gasteiger partial charge in [0.2, 0.25) is 0 Å². The van der Waals surface area contributed by atoms with E-state index in [9.17, 15) is 0 Å². The molecule has 1 fully saturated rings. The molecule has 0 atom stereocenters. The van der Waals surface area contributed by atoms with Crippen molar-refractivity contribution in [3.8, 4) is 0 Å². The largest absolute Gasteiger partial charge is 0.378 e. The number of hydrogen-bond acceptors (Lipinski definition) is 4. The summed E-state index contributed by atoms with van der Waals surface area (Å²) in [5.74, 6) is 0.842.